The molecule has 0 radical (unpaired) electrons. The summed E-state index contributed by atoms with van der Waals surface area (Å²) in [4.78, 5) is 75.1. The van der Waals surface area contributed by atoms with Gasteiger partial charge in [-0.2, -0.15) is 0 Å². The smallest absolute Gasteiger partial charge is 0.305 e. The molecule has 15 heteroatoms. The van der Waals surface area contributed by atoms with E-state index in [1.807, 2.05) is 43.9 Å². The number of hydrogen-bond donors (Lipinski definition) is 4. The number of imide groups is 1. The average Bonchev–Trinajstić information content (AvgIpc) is 3.89. The van der Waals surface area contributed by atoms with E-state index in [2.05, 4.69) is 36.1 Å². The number of rotatable bonds is 14. The molecule has 0 saturated carbocycles. The van der Waals surface area contributed by atoms with Crippen LogP contribution in [0.15, 0.2) is 18.2 Å². The molecule has 5 aliphatic rings. The fourth-order valence-electron chi connectivity index (χ4n) is 8.94. The van der Waals surface area contributed by atoms with Crippen LogP contribution in [0.2, 0.25) is 0 Å². The minimum Gasteiger partial charge on any atom is -0.469 e. The van der Waals surface area contributed by atoms with Crippen LogP contribution in [0.25, 0.3) is 33.3 Å². The first kappa shape index (κ1) is 41.9. The number of methoxy groups -OCH3 is 1. The molecule has 3 amide bonds. The summed E-state index contributed by atoms with van der Waals surface area (Å²) >= 11 is 0. The SMILES string of the molecule is CCC1=C(C)c2cc3nc(cc4[nH]c(c5c6[nH]c(cc1n2)c(C)c6C(=O)N(CCN1CCNC(=O)C1)C5=O)[C@@H](CCC(=O)OC)[C@@H]4C)C(C)=C3C(C)OCCOCCN. The van der Waals surface area contributed by atoms with Crippen molar-refractivity contribution in [3.63, 3.8) is 0 Å². The number of allylic oxidation sites excluding steroid dienone is 3. The quantitative estimate of drug-likeness (QED) is 0.116. The van der Waals surface area contributed by atoms with Crippen molar-refractivity contribution in [2.75, 3.05) is 66.2 Å². The van der Waals surface area contributed by atoms with E-state index < -0.39 is 11.8 Å². The number of amides is 3. The number of nitrogens with two attached hydrogens (primary N) is 1. The van der Waals surface area contributed by atoms with Crippen molar-refractivity contribution in [3.05, 3.63) is 69.1 Å². The van der Waals surface area contributed by atoms with Gasteiger partial charge in [-0.05, 0) is 81.0 Å². The Balaban J connectivity index is 1.47. The highest BCUT2D eigenvalue weighted by atomic mass is 16.5. The van der Waals surface area contributed by atoms with E-state index in [4.69, 9.17) is 29.9 Å². The van der Waals surface area contributed by atoms with Gasteiger partial charge in [-0.1, -0.05) is 13.8 Å². The molecule has 1 fully saturated rings. The van der Waals surface area contributed by atoms with Gasteiger partial charge in [-0.3, -0.25) is 29.0 Å². The normalized spacial score (nSPS) is 19.4. The van der Waals surface area contributed by atoms with Gasteiger partial charge in [-0.15, -0.1) is 0 Å². The van der Waals surface area contributed by atoms with Crippen molar-refractivity contribution in [1.82, 2.24) is 35.1 Å². The molecule has 15 nitrogen and oxygen atoms in total. The molecular formula is C44H56N8O7. The second-order valence-electron chi connectivity index (χ2n) is 15.8. The van der Waals surface area contributed by atoms with Crippen LogP contribution >= 0.6 is 0 Å². The van der Waals surface area contributed by atoms with Crippen molar-refractivity contribution in [2.24, 2.45) is 5.73 Å². The second-order valence-corrected chi connectivity index (χ2v) is 15.8. The maximum atomic E-state index is 15.0. The Morgan fingerprint density at radius 2 is 1.69 bits per heavy atom. The molecule has 7 heterocycles. The average molecular weight is 809 g/mol. The summed E-state index contributed by atoms with van der Waals surface area (Å²) in [5.74, 6) is -1.78. The topological polar surface area (TPSA) is 198 Å². The van der Waals surface area contributed by atoms with E-state index in [1.165, 1.54) is 12.0 Å². The first-order valence-corrected chi connectivity index (χ1v) is 20.7. The van der Waals surface area contributed by atoms with Crippen molar-refractivity contribution < 1.29 is 33.4 Å². The highest BCUT2D eigenvalue weighted by molar-refractivity contribution is 6.23. The largest absolute Gasteiger partial charge is 0.469 e. The molecule has 1 unspecified atom stereocenters. The summed E-state index contributed by atoms with van der Waals surface area (Å²) in [5.41, 5.74) is 16.6. The highest BCUT2D eigenvalue weighted by Gasteiger charge is 2.41. The van der Waals surface area contributed by atoms with Crippen LogP contribution in [0.4, 0.5) is 0 Å². The number of esters is 1. The predicted molar refractivity (Wildman–Crippen MR) is 225 cm³/mol. The zero-order valence-electron chi connectivity index (χ0n) is 35.2. The van der Waals surface area contributed by atoms with E-state index in [0.717, 1.165) is 57.2 Å². The number of fused-ring (bicyclic) bond motifs is 8. The zero-order valence-corrected chi connectivity index (χ0v) is 35.2. The molecule has 5 aliphatic heterocycles. The standard InChI is InChI=1S/C44H56N8O7/c1-8-28-23(2)30-21-35-38(27(6)59-18-17-58-16-11-45)25(4)32(48-35)19-31-24(3)29(9-10-37(54)57-7)41(49-31)40-42-39(26(5)33(50-42)20-34(28)47-30)43(55)52(44(40)56)15-14-51-13-12-46-36(53)22-51/h19-21,24,27,29,49-50H,8-18,22,45H2,1-7H3,(H,46,53)/t24-,27?,29-/m0/s1. The van der Waals surface area contributed by atoms with Gasteiger partial charge in [0.2, 0.25) is 5.91 Å². The molecular weight excluding hydrogens is 753 g/mol. The maximum absolute atomic E-state index is 15.0. The number of H-pyrrole nitrogens is 2. The first-order valence-electron chi connectivity index (χ1n) is 20.7. The number of carbonyl (C=O) groups is 4. The van der Waals surface area contributed by atoms with E-state index in [0.29, 0.717) is 85.8 Å². The van der Waals surface area contributed by atoms with E-state index in [-0.39, 0.29) is 49.3 Å². The summed E-state index contributed by atoms with van der Waals surface area (Å²) in [5, 5.41) is 2.83. The molecule has 314 valence electrons. The lowest BCUT2D eigenvalue weighted by molar-refractivity contribution is -0.140. The second kappa shape index (κ2) is 17.6. The first-order chi connectivity index (χ1) is 28.4. The summed E-state index contributed by atoms with van der Waals surface area (Å²) in [6, 6.07) is 6.02. The number of hydrogen-bond acceptors (Lipinski definition) is 11. The molecule has 5 N–H and O–H groups in total. The van der Waals surface area contributed by atoms with Crippen molar-refractivity contribution in [1.29, 1.82) is 0 Å². The van der Waals surface area contributed by atoms with Gasteiger partial charge in [0.25, 0.3) is 11.8 Å². The highest BCUT2D eigenvalue weighted by Crippen LogP contribution is 2.45. The minimum absolute atomic E-state index is 0.0903. The summed E-state index contributed by atoms with van der Waals surface area (Å²) < 4.78 is 17.0. The van der Waals surface area contributed by atoms with Gasteiger partial charge < -0.3 is 35.2 Å². The molecule has 8 bridgehead atoms. The third-order valence-corrected chi connectivity index (χ3v) is 12.3. The molecule has 59 heavy (non-hydrogen) atoms. The minimum atomic E-state index is -0.445. The Kier molecular flexibility index (Phi) is 12.5. The molecule has 0 aliphatic carbocycles. The van der Waals surface area contributed by atoms with Crippen molar-refractivity contribution in [2.45, 2.75) is 78.7 Å². The number of aromatic nitrogens is 4. The Morgan fingerprint density at radius 1 is 0.949 bits per heavy atom. The van der Waals surface area contributed by atoms with Crippen LogP contribution in [0.5, 0.6) is 0 Å². The Labute approximate surface area is 344 Å². The van der Waals surface area contributed by atoms with Gasteiger partial charge in [0, 0.05) is 73.5 Å². The Morgan fingerprint density at radius 3 is 2.42 bits per heavy atom. The molecule has 3 atom stereocenters. The third-order valence-electron chi connectivity index (χ3n) is 12.3. The molecule has 2 aromatic heterocycles. The Hall–Kier alpha value is -5.22. The van der Waals surface area contributed by atoms with E-state index in [1.54, 1.807) is 0 Å². The maximum Gasteiger partial charge on any atom is 0.305 e. The third kappa shape index (κ3) is 8.08. The molecule has 2 aromatic rings. The zero-order chi connectivity index (χ0) is 42.1. The summed E-state index contributed by atoms with van der Waals surface area (Å²) in [7, 11) is 1.37. The molecule has 7 rings (SSSR count). The van der Waals surface area contributed by atoms with Gasteiger partial charge in [0.05, 0.1) is 79.0 Å². The van der Waals surface area contributed by atoms with Gasteiger partial charge in [-0.25, -0.2) is 9.97 Å². The number of aromatic amines is 2. The fraction of sp³-hybridized carbons (Fsp3) is 0.500. The lowest BCUT2D eigenvalue weighted by Gasteiger charge is -2.31. The predicted octanol–water partition coefficient (Wildman–Crippen LogP) is 4.87. The number of piperazine rings is 1. The van der Waals surface area contributed by atoms with Crippen molar-refractivity contribution in [3.8, 4) is 0 Å². The monoisotopic (exact) mass is 808 g/mol. The van der Waals surface area contributed by atoms with Crippen LogP contribution in [0, 0.1) is 6.92 Å². The van der Waals surface area contributed by atoms with E-state index >= 15 is 0 Å². The number of nitrogens with zero attached hydrogens (tertiary/aromatic N) is 4. The lowest BCUT2D eigenvalue weighted by Crippen LogP contribution is -2.51. The molecule has 0 spiro atoms. The van der Waals surface area contributed by atoms with E-state index in [9.17, 15) is 19.2 Å². The van der Waals surface area contributed by atoms with Gasteiger partial charge >= 0.3 is 5.97 Å². The van der Waals surface area contributed by atoms with Gasteiger partial charge in [0.15, 0.2) is 0 Å². The van der Waals surface area contributed by atoms with Crippen LogP contribution < -0.4 is 11.1 Å². The molecule has 0 aromatic carbocycles. The van der Waals surface area contributed by atoms with Crippen LogP contribution in [-0.2, 0) is 23.8 Å². The van der Waals surface area contributed by atoms with Crippen LogP contribution in [0.3, 0.4) is 0 Å². The Bertz CT molecular complexity index is 2320. The fourth-order valence-corrected chi connectivity index (χ4v) is 8.94. The number of carbonyl (C=O) groups excluding carboxylic acids is 4. The van der Waals surface area contributed by atoms with Crippen LogP contribution in [-0.4, -0.2) is 126 Å². The van der Waals surface area contributed by atoms with Crippen LogP contribution in [0.1, 0.15) is 126 Å². The molecule has 1 saturated heterocycles. The number of nitrogens with one attached hydrogen (secondary N) is 3. The van der Waals surface area contributed by atoms with Gasteiger partial charge in [0.1, 0.15) is 0 Å². The number of aryl methyl sites for hydroxylation is 1. The lowest BCUT2D eigenvalue weighted by atomic mass is 9.84. The summed E-state index contributed by atoms with van der Waals surface area (Å²) in [6.45, 7) is 15.6. The van der Waals surface area contributed by atoms with Crippen molar-refractivity contribution >= 4 is 57.0 Å². The number of ether oxygens (including phenoxy) is 3. The summed E-state index contributed by atoms with van der Waals surface area (Å²) in [6.07, 6.45) is 0.919.